The maximum atomic E-state index is 13.8. The highest BCUT2D eigenvalue weighted by molar-refractivity contribution is 5.99. The first-order valence-corrected chi connectivity index (χ1v) is 9.65. The standard InChI is InChI=1S/C21H23F3N4O4/c1-11(2)9-25-20(29)13-10-26-28-17(21(22,23)24)8-14(27-19(13)28)12-6-15(30-3)18(32-5)16(7-12)31-4/h6-8,10-11H,9H2,1-5H3,(H,25,29). The molecule has 0 spiro atoms. The van der Waals surface area contributed by atoms with E-state index in [-0.39, 0.29) is 45.6 Å². The normalized spacial score (nSPS) is 11.7. The van der Waals surface area contributed by atoms with Gasteiger partial charge in [-0.25, -0.2) is 9.50 Å². The average Bonchev–Trinajstić information content (AvgIpc) is 3.18. The fourth-order valence-electron chi connectivity index (χ4n) is 3.09. The minimum Gasteiger partial charge on any atom is -0.493 e. The minimum atomic E-state index is -4.74. The first kappa shape index (κ1) is 23.2. The first-order valence-electron chi connectivity index (χ1n) is 9.65. The largest absolute Gasteiger partial charge is 0.493 e. The van der Waals surface area contributed by atoms with Crippen molar-refractivity contribution < 1.29 is 32.2 Å². The Bertz CT molecular complexity index is 1120. The number of benzene rings is 1. The molecule has 1 aromatic carbocycles. The topological polar surface area (TPSA) is 87.0 Å². The molecular formula is C21H23F3N4O4. The molecule has 2 heterocycles. The van der Waals surface area contributed by atoms with Crippen molar-refractivity contribution in [2.75, 3.05) is 27.9 Å². The number of halogens is 3. The number of carbonyl (C=O) groups excluding carboxylic acids is 1. The Kier molecular flexibility index (Phi) is 6.47. The van der Waals surface area contributed by atoms with Crippen LogP contribution in [0.15, 0.2) is 24.4 Å². The summed E-state index contributed by atoms with van der Waals surface area (Å²) >= 11 is 0. The van der Waals surface area contributed by atoms with E-state index in [0.717, 1.165) is 12.3 Å². The van der Waals surface area contributed by atoms with Crippen LogP contribution in [0.4, 0.5) is 13.2 Å². The Morgan fingerprint density at radius 1 is 1.09 bits per heavy atom. The van der Waals surface area contributed by atoms with Gasteiger partial charge in [-0.3, -0.25) is 4.79 Å². The van der Waals surface area contributed by atoms with Crippen molar-refractivity contribution >= 4 is 11.6 Å². The molecule has 32 heavy (non-hydrogen) atoms. The van der Waals surface area contributed by atoms with Crippen molar-refractivity contribution in [1.82, 2.24) is 19.9 Å². The van der Waals surface area contributed by atoms with Gasteiger partial charge in [-0.05, 0) is 24.1 Å². The third kappa shape index (κ3) is 4.41. The molecule has 0 radical (unpaired) electrons. The van der Waals surface area contributed by atoms with Gasteiger partial charge in [0.25, 0.3) is 5.91 Å². The van der Waals surface area contributed by atoms with Gasteiger partial charge in [-0.1, -0.05) is 13.8 Å². The molecule has 0 aliphatic carbocycles. The number of methoxy groups -OCH3 is 3. The molecule has 0 saturated heterocycles. The number of fused-ring (bicyclic) bond motifs is 1. The predicted octanol–water partition coefficient (Wildman–Crippen LogP) is 3.83. The summed E-state index contributed by atoms with van der Waals surface area (Å²) in [6, 6.07) is 3.82. The summed E-state index contributed by atoms with van der Waals surface area (Å²) in [5.74, 6) is 0.389. The number of rotatable bonds is 7. The second-order valence-electron chi connectivity index (χ2n) is 7.34. The third-order valence-electron chi connectivity index (χ3n) is 4.64. The van der Waals surface area contributed by atoms with Crippen LogP contribution in [0.2, 0.25) is 0 Å². The molecule has 0 unspecified atom stereocenters. The summed E-state index contributed by atoms with van der Waals surface area (Å²) in [5, 5.41) is 6.44. The summed E-state index contributed by atoms with van der Waals surface area (Å²) in [6.07, 6.45) is -3.67. The SMILES string of the molecule is COc1cc(-c2cc(C(F)(F)F)n3ncc(C(=O)NCC(C)C)c3n2)cc(OC)c1OC. The Labute approximate surface area is 182 Å². The zero-order valence-corrected chi connectivity index (χ0v) is 18.2. The molecule has 0 atom stereocenters. The summed E-state index contributed by atoms with van der Waals surface area (Å²) < 4.78 is 57.9. The maximum Gasteiger partial charge on any atom is 0.433 e. The van der Waals surface area contributed by atoms with E-state index in [1.54, 1.807) is 0 Å². The smallest absolute Gasteiger partial charge is 0.433 e. The molecular weight excluding hydrogens is 429 g/mol. The Hall–Kier alpha value is -3.50. The van der Waals surface area contributed by atoms with Crippen LogP contribution in [0.5, 0.6) is 17.2 Å². The van der Waals surface area contributed by atoms with E-state index in [1.807, 2.05) is 13.8 Å². The zero-order valence-electron chi connectivity index (χ0n) is 18.2. The number of amides is 1. The molecule has 0 aliphatic rings. The van der Waals surface area contributed by atoms with Crippen molar-refractivity contribution in [2.24, 2.45) is 5.92 Å². The molecule has 2 aromatic heterocycles. The number of hydrogen-bond donors (Lipinski definition) is 1. The highest BCUT2D eigenvalue weighted by Gasteiger charge is 2.36. The summed E-state index contributed by atoms with van der Waals surface area (Å²) in [4.78, 5) is 16.9. The van der Waals surface area contributed by atoms with Gasteiger partial charge in [0.15, 0.2) is 22.8 Å². The van der Waals surface area contributed by atoms with E-state index in [9.17, 15) is 18.0 Å². The zero-order chi connectivity index (χ0) is 23.6. The Balaban J connectivity index is 2.24. The van der Waals surface area contributed by atoms with Gasteiger partial charge in [0.1, 0.15) is 5.56 Å². The molecule has 172 valence electrons. The highest BCUT2D eigenvalue weighted by Crippen LogP contribution is 2.42. The minimum absolute atomic E-state index is 0.0394. The summed E-state index contributed by atoms with van der Waals surface area (Å²) in [5.41, 5.74) is -1.12. The highest BCUT2D eigenvalue weighted by atomic mass is 19.4. The van der Waals surface area contributed by atoms with Crippen LogP contribution in [0.1, 0.15) is 29.9 Å². The fourth-order valence-corrected chi connectivity index (χ4v) is 3.09. The average molecular weight is 452 g/mol. The van der Waals surface area contributed by atoms with Crippen LogP contribution >= 0.6 is 0 Å². The fraction of sp³-hybridized carbons (Fsp3) is 0.381. The summed E-state index contributed by atoms with van der Waals surface area (Å²) in [6.45, 7) is 4.16. The van der Waals surface area contributed by atoms with E-state index in [4.69, 9.17) is 14.2 Å². The number of hydrogen-bond acceptors (Lipinski definition) is 6. The maximum absolute atomic E-state index is 13.8. The van der Waals surface area contributed by atoms with Crippen LogP contribution in [0.3, 0.4) is 0 Å². The van der Waals surface area contributed by atoms with Crippen LogP contribution in [0.25, 0.3) is 16.9 Å². The van der Waals surface area contributed by atoms with E-state index in [0.29, 0.717) is 11.1 Å². The predicted molar refractivity (Wildman–Crippen MR) is 110 cm³/mol. The van der Waals surface area contributed by atoms with E-state index in [1.165, 1.54) is 33.5 Å². The number of ether oxygens (including phenoxy) is 3. The molecule has 1 amide bonds. The van der Waals surface area contributed by atoms with Gasteiger partial charge in [-0.15, -0.1) is 0 Å². The Morgan fingerprint density at radius 3 is 2.22 bits per heavy atom. The van der Waals surface area contributed by atoms with Gasteiger partial charge in [-0.2, -0.15) is 18.3 Å². The molecule has 0 fully saturated rings. The van der Waals surface area contributed by atoms with Gasteiger partial charge < -0.3 is 19.5 Å². The second kappa shape index (κ2) is 8.93. The third-order valence-corrected chi connectivity index (χ3v) is 4.64. The van der Waals surface area contributed by atoms with Crippen LogP contribution in [-0.2, 0) is 6.18 Å². The molecule has 1 N–H and O–H groups in total. The van der Waals surface area contributed by atoms with Crippen LogP contribution < -0.4 is 19.5 Å². The Morgan fingerprint density at radius 2 is 1.72 bits per heavy atom. The molecule has 3 rings (SSSR count). The molecule has 3 aromatic rings. The monoisotopic (exact) mass is 452 g/mol. The lowest BCUT2D eigenvalue weighted by molar-refractivity contribution is -0.142. The van der Waals surface area contributed by atoms with Crippen molar-refractivity contribution in [1.29, 1.82) is 0 Å². The van der Waals surface area contributed by atoms with Gasteiger partial charge >= 0.3 is 6.18 Å². The van der Waals surface area contributed by atoms with Crippen molar-refractivity contribution in [3.05, 3.63) is 35.7 Å². The molecule has 0 saturated carbocycles. The van der Waals surface area contributed by atoms with E-state index in [2.05, 4.69) is 15.4 Å². The van der Waals surface area contributed by atoms with Gasteiger partial charge in [0, 0.05) is 12.1 Å². The van der Waals surface area contributed by atoms with Crippen molar-refractivity contribution in [2.45, 2.75) is 20.0 Å². The lowest BCUT2D eigenvalue weighted by Crippen LogP contribution is -2.27. The van der Waals surface area contributed by atoms with Gasteiger partial charge in [0.2, 0.25) is 5.75 Å². The van der Waals surface area contributed by atoms with E-state index >= 15 is 0 Å². The van der Waals surface area contributed by atoms with E-state index < -0.39 is 17.8 Å². The second-order valence-corrected chi connectivity index (χ2v) is 7.34. The number of alkyl halides is 3. The molecule has 0 aliphatic heterocycles. The van der Waals surface area contributed by atoms with Gasteiger partial charge in [0.05, 0.1) is 33.2 Å². The molecule has 0 bridgehead atoms. The molecule has 8 nitrogen and oxygen atoms in total. The number of aromatic nitrogens is 3. The first-order chi connectivity index (χ1) is 15.1. The lowest BCUT2D eigenvalue weighted by atomic mass is 10.1. The lowest BCUT2D eigenvalue weighted by Gasteiger charge is -2.15. The molecule has 11 heteroatoms. The summed E-state index contributed by atoms with van der Waals surface area (Å²) in [7, 11) is 4.21. The number of nitrogens with one attached hydrogen (secondary N) is 1. The van der Waals surface area contributed by atoms with Crippen LogP contribution in [0, 0.1) is 5.92 Å². The van der Waals surface area contributed by atoms with Crippen molar-refractivity contribution in [3.63, 3.8) is 0 Å². The number of nitrogens with zero attached hydrogens (tertiary/aromatic N) is 3. The number of carbonyl (C=O) groups is 1. The van der Waals surface area contributed by atoms with Crippen LogP contribution in [-0.4, -0.2) is 48.4 Å². The van der Waals surface area contributed by atoms with Crippen molar-refractivity contribution in [3.8, 4) is 28.5 Å². The quantitative estimate of drug-likeness (QED) is 0.587.